The highest BCUT2D eigenvalue weighted by molar-refractivity contribution is 6.46. The molecule has 0 aliphatic carbocycles. The topological polar surface area (TPSA) is 85.3 Å². The zero-order chi connectivity index (χ0) is 23.3. The fourth-order valence-electron chi connectivity index (χ4n) is 3.73. The quantitative estimate of drug-likeness (QED) is 0.262. The Bertz CT molecular complexity index is 1020. The Morgan fingerprint density at radius 2 is 1.81 bits per heavy atom. The van der Waals surface area contributed by atoms with Gasteiger partial charge in [0.25, 0.3) is 11.7 Å². The van der Waals surface area contributed by atoms with E-state index in [-0.39, 0.29) is 17.9 Å². The van der Waals surface area contributed by atoms with Crippen LogP contribution in [0.3, 0.4) is 0 Å². The highest BCUT2D eigenvalue weighted by Crippen LogP contribution is 2.42. The average Bonchev–Trinajstić information content (AvgIpc) is 3.05. The summed E-state index contributed by atoms with van der Waals surface area (Å²) in [5, 5.41) is 11.5. The van der Waals surface area contributed by atoms with Crippen LogP contribution in [0.2, 0.25) is 5.02 Å². The van der Waals surface area contributed by atoms with Crippen LogP contribution in [0.15, 0.2) is 48.0 Å². The SMILES string of the molecule is CCOc1ccc([C@H]2C(=C(O)c3ccc(Cl)cc3)C(=O)C(=O)N2CCCOC)cc1OC. The van der Waals surface area contributed by atoms with E-state index in [4.69, 9.17) is 25.8 Å². The Hall–Kier alpha value is -3.03. The molecule has 0 saturated carbocycles. The maximum absolute atomic E-state index is 13.0. The molecule has 1 heterocycles. The second-order valence-electron chi connectivity index (χ2n) is 7.19. The van der Waals surface area contributed by atoms with Crippen LogP contribution < -0.4 is 9.47 Å². The van der Waals surface area contributed by atoms with Crippen LogP contribution in [0.5, 0.6) is 11.5 Å². The number of hydrogen-bond acceptors (Lipinski definition) is 6. The van der Waals surface area contributed by atoms with Crippen LogP contribution in [-0.2, 0) is 14.3 Å². The maximum atomic E-state index is 13.0. The molecular weight excluding hydrogens is 434 g/mol. The van der Waals surface area contributed by atoms with Gasteiger partial charge in [-0.2, -0.15) is 0 Å². The number of Topliss-reactive ketones (excluding diaryl/α,β-unsaturated/α-hetero) is 1. The molecule has 1 aliphatic heterocycles. The lowest BCUT2D eigenvalue weighted by Gasteiger charge is -2.26. The predicted octanol–water partition coefficient (Wildman–Crippen LogP) is 4.21. The van der Waals surface area contributed by atoms with Crippen LogP contribution in [0, 0.1) is 0 Å². The van der Waals surface area contributed by atoms with Gasteiger partial charge in [0, 0.05) is 30.8 Å². The number of aliphatic hydroxyl groups excluding tert-OH is 1. The van der Waals surface area contributed by atoms with Crippen LogP contribution >= 0.6 is 11.6 Å². The van der Waals surface area contributed by atoms with Crippen LogP contribution in [-0.4, -0.2) is 55.7 Å². The Balaban J connectivity index is 2.14. The average molecular weight is 460 g/mol. The molecule has 1 atom stereocenters. The number of benzene rings is 2. The summed E-state index contributed by atoms with van der Waals surface area (Å²) < 4.78 is 16.1. The summed E-state index contributed by atoms with van der Waals surface area (Å²) in [5.41, 5.74) is 1.03. The lowest BCUT2D eigenvalue weighted by molar-refractivity contribution is -0.140. The standard InChI is InChI=1S/C24H26ClNO6/c1-4-32-18-11-8-16(14-19(18)31-3)21-20(22(27)15-6-9-17(25)10-7-15)23(28)24(29)26(21)12-5-13-30-2/h6-11,14,21,27H,4-5,12-13H2,1-3H3/t21-/m0/s1. The molecule has 2 aromatic rings. The van der Waals surface area contributed by atoms with Crippen LogP contribution in [0.1, 0.15) is 30.5 Å². The monoisotopic (exact) mass is 459 g/mol. The van der Waals surface area contributed by atoms with E-state index in [0.717, 1.165) is 0 Å². The van der Waals surface area contributed by atoms with Crippen molar-refractivity contribution >= 4 is 29.1 Å². The molecule has 0 radical (unpaired) electrons. The highest BCUT2D eigenvalue weighted by Gasteiger charge is 2.46. The van der Waals surface area contributed by atoms with Gasteiger partial charge in [0.15, 0.2) is 11.5 Å². The van der Waals surface area contributed by atoms with Crippen molar-refractivity contribution in [2.24, 2.45) is 0 Å². The molecule has 1 saturated heterocycles. The fourth-order valence-corrected chi connectivity index (χ4v) is 3.85. The van der Waals surface area contributed by atoms with Crippen molar-refractivity contribution in [1.29, 1.82) is 0 Å². The van der Waals surface area contributed by atoms with Crippen molar-refractivity contribution in [3.8, 4) is 11.5 Å². The first-order valence-corrected chi connectivity index (χ1v) is 10.6. The van der Waals surface area contributed by atoms with E-state index in [1.165, 1.54) is 12.0 Å². The number of carbonyl (C=O) groups is 2. The second-order valence-corrected chi connectivity index (χ2v) is 7.63. The third-order valence-electron chi connectivity index (χ3n) is 5.21. The van der Waals surface area contributed by atoms with E-state index < -0.39 is 17.7 Å². The molecule has 8 heteroatoms. The van der Waals surface area contributed by atoms with Gasteiger partial charge in [0.2, 0.25) is 0 Å². The molecule has 2 aromatic carbocycles. The van der Waals surface area contributed by atoms with Crippen molar-refractivity contribution in [2.75, 3.05) is 34.0 Å². The number of rotatable bonds is 9. The van der Waals surface area contributed by atoms with Gasteiger partial charge >= 0.3 is 0 Å². The number of hydrogen-bond donors (Lipinski definition) is 1. The molecule has 0 unspecified atom stereocenters. The minimum absolute atomic E-state index is 0.0148. The van der Waals surface area contributed by atoms with Gasteiger partial charge < -0.3 is 24.2 Å². The molecule has 1 amide bonds. The highest BCUT2D eigenvalue weighted by atomic mass is 35.5. The summed E-state index contributed by atoms with van der Waals surface area (Å²) in [7, 11) is 3.09. The molecule has 1 fully saturated rings. The molecule has 3 rings (SSSR count). The van der Waals surface area contributed by atoms with Crippen molar-refractivity contribution in [3.63, 3.8) is 0 Å². The first kappa shape index (κ1) is 23.6. The van der Waals surface area contributed by atoms with E-state index in [1.54, 1.807) is 49.6 Å². The Kier molecular flexibility index (Phi) is 7.77. The van der Waals surface area contributed by atoms with Crippen molar-refractivity contribution in [3.05, 3.63) is 64.2 Å². The molecule has 7 nitrogen and oxygen atoms in total. The number of aliphatic hydroxyl groups is 1. The number of ether oxygens (including phenoxy) is 3. The van der Waals surface area contributed by atoms with Gasteiger partial charge in [-0.1, -0.05) is 17.7 Å². The second kappa shape index (κ2) is 10.5. The number of amides is 1. The first-order valence-electron chi connectivity index (χ1n) is 10.3. The van der Waals surface area contributed by atoms with Gasteiger partial charge in [-0.25, -0.2) is 0 Å². The summed E-state index contributed by atoms with van der Waals surface area (Å²) in [6.45, 7) is 3.04. The van der Waals surface area contributed by atoms with Crippen molar-refractivity contribution in [2.45, 2.75) is 19.4 Å². The maximum Gasteiger partial charge on any atom is 0.295 e. The number of halogens is 1. The first-order chi connectivity index (χ1) is 15.4. The minimum atomic E-state index is -0.785. The minimum Gasteiger partial charge on any atom is -0.507 e. The van der Waals surface area contributed by atoms with Crippen molar-refractivity contribution in [1.82, 2.24) is 4.90 Å². The number of likely N-dealkylation sites (tertiary alicyclic amines) is 1. The van der Waals surface area contributed by atoms with Gasteiger partial charge in [-0.05, 0) is 55.3 Å². The van der Waals surface area contributed by atoms with Gasteiger partial charge in [-0.15, -0.1) is 0 Å². The summed E-state index contributed by atoms with van der Waals surface area (Å²) in [6.07, 6.45) is 0.537. The van der Waals surface area contributed by atoms with E-state index in [0.29, 0.717) is 47.3 Å². The van der Waals surface area contributed by atoms with Gasteiger partial charge in [0.05, 0.1) is 25.3 Å². The molecular formula is C24H26ClNO6. The Morgan fingerprint density at radius 1 is 1.09 bits per heavy atom. The van der Waals surface area contributed by atoms with E-state index in [9.17, 15) is 14.7 Å². The number of methoxy groups -OCH3 is 2. The van der Waals surface area contributed by atoms with Crippen molar-refractivity contribution < 1.29 is 28.9 Å². The molecule has 1 N–H and O–H groups in total. The number of ketones is 1. The smallest absolute Gasteiger partial charge is 0.295 e. The van der Waals surface area contributed by atoms with E-state index >= 15 is 0 Å². The predicted molar refractivity (Wildman–Crippen MR) is 121 cm³/mol. The third-order valence-corrected chi connectivity index (χ3v) is 5.46. The third kappa shape index (κ3) is 4.74. The van der Waals surface area contributed by atoms with Crippen LogP contribution in [0.4, 0.5) is 0 Å². The van der Waals surface area contributed by atoms with Gasteiger partial charge in [-0.3, -0.25) is 9.59 Å². The zero-order valence-electron chi connectivity index (χ0n) is 18.3. The molecule has 1 aliphatic rings. The molecule has 170 valence electrons. The molecule has 32 heavy (non-hydrogen) atoms. The molecule has 0 spiro atoms. The summed E-state index contributed by atoms with van der Waals surface area (Å²) >= 11 is 5.96. The van der Waals surface area contributed by atoms with Crippen LogP contribution in [0.25, 0.3) is 5.76 Å². The molecule has 0 bridgehead atoms. The normalized spacial score (nSPS) is 17.6. The Morgan fingerprint density at radius 3 is 2.44 bits per heavy atom. The Labute approximate surface area is 192 Å². The van der Waals surface area contributed by atoms with E-state index in [2.05, 4.69) is 0 Å². The lowest BCUT2D eigenvalue weighted by Crippen LogP contribution is -2.31. The number of carbonyl (C=O) groups excluding carboxylic acids is 2. The summed E-state index contributed by atoms with van der Waals surface area (Å²) in [4.78, 5) is 27.4. The fraction of sp³-hybridized carbons (Fsp3) is 0.333. The van der Waals surface area contributed by atoms with E-state index in [1.807, 2.05) is 6.92 Å². The zero-order valence-corrected chi connectivity index (χ0v) is 19.0. The number of nitrogens with zero attached hydrogens (tertiary/aromatic N) is 1. The lowest BCUT2D eigenvalue weighted by atomic mass is 9.95. The summed E-state index contributed by atoms with van der Waals surface area (Å²) in [6, 6.07) is 10.9. The van der Waals surface area contributed by atoms with Gasteiger partial charge in [0.1, 0.15) is 5.76 Å². The summed E-state index contributed by atoms with van der Waals surface area (Å²) in [5.74, 6) is -0.652. The molecule has 0 aromatic heterocycles. The largest absolute Gasteiger partial charge is 0.507 e.